The third-order valence-electron chi connectivity index (χ3n) is 1.66. The van der Waals surface area contributed by atoms with Crippen LogP contribution in [-0.2, 0) is 6.54 Å². The largest absolute Gasteiger partial charge is 0.411 e. The van der Waals surface area contributed by atoms with Crippen molar-refractivity contribution >= 4 is 6.21 Å². The number of nitrogens with zero attached hydrogens (tertiary/aromatic N) is 2. The highest BCUT2D eigenvalue weighted by Crippen LogP contribution is 1.88. The molecule has 3 heteroatoms. The lowest BCUT2D eigenvalue weighted by Crippen LogP contribution is -2.37. The smallest absolute Gasteiger partial charge is 0.227 e. The molecule has 0 aromatic carbocycles. The van der Waals surface area contributed by atoms with E-state index in [0.717, 1.165) is 12.2 Å². The number of aryl methyl sites for hydroxylation is 1. The van der Waals surface area contributed by atoms with Gasteiger partial charge >= 0.3 is 0 Å². The van der Waals surface area contributed by atoms with Crippen LogP contribution in [0.5, 0.6) is 0 Å². The summed E-state index contributed by atoms with van der Waals surface area (Å²) in [5.74, 6) is 2.56. The zero-order chi connectivity index (χ0) is 9.52. The summed E-state index contributed by atoms with van der Waals surface area (Å²) < 4.78 is 1.93. The summed E-state index contributed by atoms with van der Waals surface area (Å²) in [5.41, 5.74) is 0.834. The van der Waals surface area contributed by atoms with Gasteiger partial charge in [-0.1, -0.05) is 5.16 Å². The Labute approximate surface area is 77.3 Å². The van der Waals surface area contributed by atoms with Crippen LogP contribution in [0.25, 0.3) is 0 Å². The summed E-state index contributed by atoms with van der Waals surface area (Å²) in [5, 5.41) is 11.4. The van der Waals surface area contributed by atoms with Crippen molar-refractivity contribution in [1.29, 1.82) is 0 Å². The van der Waals surface area contributed by atoms with Crippen LogP contribution in [0.1, 0.15) is 12.1 Å². The third-order valence-corrected chi connectivity index (χ3v) is 1.66. The summed E-state index contributed by atoms with van der Waals surface area (Å²) in [4.78, 5) is 0. The normalized spacial score (nSPS) is 10.1. The van der Waals surface area contributed by atoms with Crippen LogP contribution >= 0.6 is 0 Å². The standard InChI is InChI=1S/C10H10N2O/c1-2-3-7-12-8-5-4-6-10(12)9-11-13/h1,4-6,8-9H,3,7H2/p+1. The molecule has 0 saturated heterocycles. The quantitative estimate of drug-likeness (QED) is 0.238. The molecule has 1 heterocycles. The predicted octanol–water partition coefficient (Wildman–Crippen LogP) is 0.806. The fourth-order valence-electron chi connectivity index (χ4n) is 1.05. The molecule has 1 aromatic rings. The Morgan fingerprint density at radius 2 is 2.46 bits per heavy atom. The maximum absolute atomic E-state index is 8.39. The SMILES string of the molecule is C#CCC[n+]1ccccc1C=NO. The number of oxime groups is 1. The molecule has 0 aliphatic rings. The number of terminal acetylenes is 1. The second kappa shape index (κ2) is 4.94. The van der Waals surface area contributed by atoms with Crippen LogP contribution in [0.15, 0.2) is 29.6 Å². The van der Waals surface area contributed by atoms with E-state index in [-0.39, 0.29) is 0 Å². The Bertz CT molecular complexity index is 339. The number of rotatable bonds is 3. The van der Waals surface area contributed by atoms with Crippen LogP contribution in [0, 0.1) is 12.3 Å². The van der Waals surface area contributed by atoms with Crippen molar-refractivity contribution in [3.05, 3.63) is 30.1 Å². The molecule has 0 unspecified atom stereocenters. The molecule has 0 atom stereocenters. The van der Waals surface area contributed by atoms with Crippen molar-refractivity contribution in [2.45, 2.75) is 13.0 Å². The molecule has 0 aliphatic carbocycles. The van der Waals surface area contributed by atoms with Gasteiger partial charge in [0.25, 0.3) is 0 Å². The van der Waals surface area contributed by atoms with Gasteiger partial charge in [0.1, 0.15) is 6.21 Å². The van der Waals surface area contributed by atoms with E-state index < -0.39 is 0 Å². The van der Waals surface area contributed by atoms with E-state index in [1.54, 1.807) is 0 Å². The minimum absolute atomic E-state index is 0.668. The molecular formula is C10H11N2O+. The van der Waals surface area contributed by atoms with E-state index in [2.05, 4.69) is 11.1 Å². The van der Waals surface area contributed by atoms with E-state index in [1.165, 1.54) is 6.21 Å². The van der Waals surface area contributed by atoms with E-state index in [9.17, 15) is 0 Å². The molecule has 0 radical (unpaired) electrons. The van der Waals surface area contributed by atoms with Gasteiger partial charge in [0, 0.05) is 12.1 Å². The Morgan fingerprint density at radius 1 is 1.62 bits per heavy atom. The predicted molar refractivity (Wildman–Crippen MR) is 49.5 cm³/mol. The van der Waals surface area contributed by atoms with Crippen molar-refractivity contribution in [2.24, 2.45) is 5.16 Å². The average Bonchev–Trinajstić information content (AvgIpc) is 2.17. The molecule has 66 valence electrons. The van der Waals surface area contributed by atoms with Crippen LogP contribution in [0.2, 0.25) is 0 Å². The van der Waals surface area contributed by atoms with E-state index >= 15 is 0 Å². The topological polar surface area (TPSA) is 36.5 Å². The van der Waals surface area contributed by atoms with Gasteiger partial charge in [-0.05, 0) is 6.07 Å². The summed E-state index contributed by atoms with van der Waals surface area (Å²) in [6, 6.07) is 5.64. The maximum Gasteiger partial charge on any atom is 0.227 e. The van der Waals surface area contributed by atoms with E-state index in [1.807, 2.05) is 29.0 Å². The summed E-state index contributed by atoms with van der Waals surface area (Å²) >= 11 is 0. The summed E-state index contributed by atoms with van der Waals surface area (Å²) in [7, 11) is 0. The van der Waals surface area contributed by atoms with Crippen LogP contribution in [0.4, 0.5) is 0 Å². The Balaban J connectivity index is 2.85. The van der Waals surface area contributed by atoms with Gasteiger partial charge in [-0.2, -0.15) is 4.57 Å². The van der Waals surface area contributed by atoms with Crippen molar-refractivity contribution in [1.82, 2.24) is 0 Å². The second-order valence-electron chi connectivity index (χ2n) is 2.52. The highest BCUT2D eigenvalue weighted by Gasteiger charge is 2.04. The first-order valence-corrected chi connectivity index (χ1v) is 3.98. The molecule has 0 saturated carbocycles. The van der Waals surface area contributed by atoms with Crippen LogP contribution < -0.4 is 4.57 Å². The molecule has 0 bridgehead atoms. The first-order valence-electron chi connectivity index (χ1n) is 3.98. The Morgan fingerprint density at radius 3 is 3.15 bits per heavy atom. The molecule has 3 nitrogen and oxygen atoms in total. The first-order chi connectivity index (χ1) is 6.38. The summed E-state index contributed by atoms with van der Waals surface area (Å²) in [6.07, 6.45) is 9.10. The molecule has 1 aromatic heterocycles. The molecule has 0 aliphatic heterocycles. The minimum atomic E-state index is 0.668. The van der Waals surface area contributed by atoms with Crippen LogP contribution in [-0.4, -0.2) is 11.4 Å². The van der Waals surface area contributed by atoms with Crippen molar-refractivity contribution < 1.29 is 9.77 Å². The van der Waals surface area contributed by atoms with Gasteiger partial charge in [-0.15, -0.1) is 12.3 Å². The number of pyridine rings is 1. The number of hydrogen-bond donors (Lipinski definition) is 1. The van der Waals surface area contributed by atoms with E-state index in [4.69, 9.17) is 11.6 Å². The highest BCUT2D eigenvalue weighted by molar-refractivity contribution is 5.74. The lowest BCUT2D eigenvalue weighted by atomic mass is 10.3. The second-order valence-corrected chi connectivity index (χ2v) is 2.52. The van der Waals surface area contributed by atoms with Crippen LogP contribution in [0.3, 0.4) is 0 Å². The molecule has 0 amide bonds. The fraction of sp³-hybridized carbons (Fsp3) is 0.200. The van der Waals surface area contributed by atoms with Gasteiger partial charge in [0.15, 0.2) is 12.7 Å². The monoisotopic (exact) mass is 175 g/mol. The molecule has 13 heavy (non-hydrogen) atoms. The van der Waals surface area contributed by atoms with E-state index in [0.29, 0.717) is 6.42 Å². The van der Waals surface area contributed by atoms with Gasteiger partial charge in [-0.25, -0.2) is 0 Å². The Hall–Kier alpha value is -1.82. The van der Waals surface area contributed by atoms with Crippen molar-refractivity contribution in [3.8, 4) is 12.3 Å². The fourth-order valence-corrected chi connectivity index (χ4v) is 1.05. The lowest BCUT2D eigenvalue weighted by molar-refractivity contribution is -0.696. The van der Waals surface area contributed by atoms with Crippen molar-refractivity contribution in [3.63, 3.8) is 0 Å². The first kappa shape index (κ1) is 9.27. The highest BCUT2D eigenvalue weighted by atomic mass is 16.4. The third kappa shape index (κ3) is 2.60. The maximum atomic E-state index is 8.39. The average molecular weight is 175 g/mol. The zero-order valence-electron chi connectivity index (χ0n) is 7.22. The van der Waals surface area contributed by atoms with Crippen molar-refractivity contribution in [2.75, 3.05) is 0 Å². The minimum Gasteiger partial charge on any atom is -0.411 e. The zero-order valence-corrected chi connectivity index (χ0v) is 7.22. The molecule has 0 spiro atoms. The molecule has 0 fully saturated rings. The molecule has 1 N–H and O–H groups in total. The summed E-state index contributed by atoms with van der Waals surface area (Å²) in [6.45, 7) is 0.735. The Kier molecular flexibility index (Phi) is 3.52. The molecular weight excluding hydrogens is 164 g/mol. The molecule has 1 rings (SSSR count). The van der Waals surface area contributed by atoms with Gasteiger partial charge < -0.3 is 5.21 Å². The van der Waals surface area contributed by atoms with Gasteiger partial charge in [0.2, 0.25) is 5.69 Å². The lowest BCUT2D eigenvalue weighted by Gasteiger charge is -1.95. The van der Waals surface area contributed by atoms with Gasteiger partial charge in [0.05, 0.1) is 6.42 Å². The number of aromatic nitrogens is 1. The van der Waals surface area contributed by atoms with Gasteiger partial charge in [-0.3, -0.25) is 0 Å². The number of hydrogen-bond acceptors (Lipinski definition) is 2.